The zero-order valence-electron chi connectivity index (χ0n) is 9.82. The molecule has 1 saturated heterocycles. The second-order valence-electron chi connectivity index (χ2n) is 4.76. The molecule has 4 nitrogen and oxygen atoms in total. The molecular weight excluding hydrogens is 212 g/mol. The Morgan fingerprint density at radius 3 is 2.76 bits per heavy atom. The maximum absolute atomic E-state index is 9.24. The number of piperazine rings is 1. The Bertz CT molecular complexity index is 453. The summed E-state index contributed by atoms with van der Waals surface area (Å²) < 4.78 is 0. The smallest absolute Gasteiger partial charge is 0.146 e. The van der Waals surface area contributed by atoms with Gasteiger partial charge in [-0.15, -0.1) is 0 Å². The second-order valence-corrected chi connectivity index (χ2v) is 4.76. The lowest BCUT2D eigenvalue weighted by atomic mass is 10.1. The van der Waals surface area contributed by atoms with E-state index in [-0.39, 0.29) is 0 Å². The highest BCUT2D eigenvalue weighted by Gasteiger charge is 2.25. The van der Waals surface area contributed by atoms with Gasteiger partial charge in [-0.25, -0.2) is 4.98 Å². The van der Waals surface area contributed by atoms with Crippen molar-refractivity contribution in [1.82, 2.24) is 10.3 Å². The van der Waals surface area contributed by atoms with E-state index < -0.39 is 0 Å². The molecule has 17 heavy (non-hydrogen) atoms. The molecule has 1 aromatic heterocycles. The first-order valence-corrected chi connectivity index (χ1v) is 6.24. The quantitative estimate of drug-likeness (QED) is 0.827. The Balaban J connectivity index is 1.90. The van der Waals surface area contributed by atoms with Crippen LogP contribution < -0.4 is 10.2 Å². The molecule has 1 aliphatic carbocycles. The average Bonchev–Trinajstić information content (AvgIpc) is 3.23. The lowest BCUT2D eigenvalue weighted by molar-refractivity contribution is 0.584. The zero-order chi connectivity index (χ0) is 11.7. The molecule has 0 radical (unpaired) electrons. The predicted octanol–water partition coefficient (Wildman–Crippen LogP) is 1.24. The molecule has 2 heterocycles. The van der Waals surface area contributed by atoms with Crippen molar-refractivity contribution in [3.63, 3.8) is 0 Å². The molecule has 0 amide bonds. The van der Waals surface area contributed by atoms with E-state index in [1.165, 1.54) is 18.4 Å². The summed E-state index contributed by atoms with van der Waals surface area (Å²) in [5.41, 5.74) is 1.97. The van der Waals surface area contributed by atoms with Crippen molar-refractivity contribution in [2.45, 2.75) is 18.8 Å². The van der Waals surface area contributed by atoms with Crippen molar-refractivity contribution in [3.05, 3.63) is 23.4 Å². The minimum atomic E-state index is 0.659. The first kappa shape index (κ1) is 10.5. The summed E-state index contributed by atoms with van der Waals surface area (Å²) >= 11 is 0. The van der Waals surface area contributed by atoms with Crippen molar-refractivity contribution in [3.8, 4) is 6.07 Å². The van der Waals surface area contributed by atoms with Crippen molar-refractivity contribution < 1.29 is 0 Å². The van der Waals surface area contributed by atoms with Gasteiger partial charge in [-0.3, -0.25) is 0 Å². The van der Waals surface area contributed by atoms with Crippen molar-refractivity contribution in [1.29, 1.82) is 5.26 Å². The molecule has 3 rings (SSSR count). The minimum absolute atomic E-state index is 0.659. The predicted molar refractivity (Wildman–Crippen MR) is 66.0 cm³/mol. The third kappa shape index (κ3) is 2.11. The van der Waals surface area contributed by atoms with E-state index in [1.54, 1.807) is 0 Å². The van der Waals surface area contributed by atoms with Crippen LogP contribution in [0.4, 0.5) is 5.82 Å². The van der Waals surface area contributed by atoms with Gasteiger partial charge in [0.25, 0.3) is 0 Å². The molecular formula is C13H16N4. The SMILES string of the molecule is N#Cc1cc(C2CC2)cnc1N1CCNCC1. The van der Waals surface area contributed by atoms with Crippen LogP contribution in [0, 0.1) is 11.3 Å². The van der Waals surface area contributed by atoms with E-state index in [0.29, 0.717) is 5.92 Å². The van der Waals surface area contributed by atoms with Crippen LogP contribution in [0.15, 0.2) is 12.3 Å². The molecule has 0 bridgehead atoms. The molecule has 1 aromatic rings. The summed E-state index contributed by atoms with van der Waals surface area (Å²) in [7, 11) is 0. The fourth-order valence-corrected chi connectivity index (χ4v) is 2.32. The number of aromatic nitrogens is 1. The van der Waals surface area contributed by atoms with Crippen LogP contribution in [-0.4, -0.2) is 31.2 Å². The Labute approximate surface area is 101 Å². The lowest BCUT2D eigenvalue weighted by Crippen LogP contribution is -2.44. The number of hydrogen-bond acceptors (Lipinski definition) is 4. The van der Waals surface area contributed by atoms with Gasteiger partial charge in [-0.2, -0.15) is 5.26 Å². The Morgan fingerprint density at radius 2 is 2.12 bits per heavy atom. The second kappa shape index (κ2) is 4.34. The van der Waals surface area contributed by atoms with Crippen LogP contribution in [0.3, 0.4) is 0 Å². The molecule has 2 fully saturated rings. The average molecular weight is 228 g/mol. The van der Waals surface area contributed by atoms with E-state index in [9.17, 15) is 5.26 Å². The molecule has 0 atom stereocenters. The Kier molecular flexibility index (Phi) is 2.69. The van der Waals surface area contributed by atoms with Crippen LogP contribution in [0.25, 0.3) is 0 Å². The first-order chi connectivity index (χ1) is 8.38. The molecule has 2 aliphatic rings. The van der Waals surface area contributed by atoms with Crippen molar-refractivity contribution in [2.24, 2.45) is 0 Å². The lowest BCUT2D eigenvalue weighted by Gasteiger charge is -2.29. The van der Waals surface area contributed by atoms with Gasteiger partial charge in [0.2, 0.25) is 0 Å². The van der Waals surface area contributed by atoms with Crippen LogP contribution in [0.5, 0.6) is 0 Å². The fraction of sp³-hybridized carbons (Fsp3) is 0.538. The monoisotopic (exact) mass is 228 g/mol. The van der Waals surface area contributed by atoms with Crippen molar-refractivity contribution >= 4 is 5.82 Å². The number of anilines is 1. The molecule has 4 heteroatoms. The molecule has 0 spiro atoms. The number of nitriles is 1. The number of nitrogens with one attached hydrogen (secondary N) is 1. The van der Waals surface area contributed by atoms with E-state index in [1.807, 2.05) is 12.3 Å². The van der Waals surface area contributed by atoms with Crippen molar-refractivity contribution in [2.75, 3.05) is 31.1 Å². The number of nitrogens with zero attached hydrogens (tertiary/aromatic N) is 3. The van der Waals surface area contributed by atoms with Gasteiger partial charge in [0.1, 0.15) is 11.9 Å². The van der Waals surface area contributed by atoms with Gasteiger partial charge in [0.05, 0.1) is 5.56 Å². The van der Waals surface area contributed by atoms with Gasteiger partial charge in [0.15, 0.2) is 0 Å². The van der Waals surface area contributed by atoms with Crippen LogP contribution in [0.1, 0.15) is 29.9 Å². The van der Waals surface area contributed by atoms with Gasteiger partial charge in [0, 0.05) is 32.4 Å². The molecule has 1 aliphatic heterocycles. The van der Waals surface area contributed by atoms with Crippen LogP contribution >= 0.6 is 0 Å². The highest BCUT2D eigenvalue weighted by Crippen LogP contribution is 2.40. The van der Waals surface area contributed by atoms with E-state index >= 15 is 0 Å². The van der Waals surface area contributed by atoms with Gasteiger partial charge < -0.3 is 10.2 Å². The first-order valence-electron chi connectivity index (χ1n) is 6.24. The Hall–Kier alpha value is -1.60. The third-order valence-electron chi connectivity index (χ3n) is 3.47. The molecule has 0 unspecified atom stereocenters. The van der Waals surface area contributed by atoms with Crippen LogP contribution in [0.2, 0.25) is 0 Å². The summed E-state index contributed by atoms with van der Waals surface area (Å²) in [6.07, 6.45) is 4.45. The summed E-state index contributed by atoms with van der Waals surface area (Å²) in [5, 5.41) is 12.6. The minimum Gasteiger partial charge on any atom is -0.353 e. The summed E-state index contributed by atoms with van der Waals surface area (Å²) in [4.78, 5) is 6.71. The number of pyridine rings is 1. The van der Waals surface area contributed by atoms with Gasteiger partial charge >= 0.3 is 0 Å². The zero-order valence-corrected chi connectivity index (χ0v) is 9.82. The summed E-state index contributed by atoms with van der Waals surface area (Å²) in [6.45, 7) is 3.81. The molecule has 0 aromatic carbocycles. The van der Waals surface area contributed by atoms with Gasteiger partial charge in [-0.05, 0) is 30.4 Å². The summed E-state index contributed by atoms with van der Waals surface area (Å²) in [5.74, 6) is 1.52. The number of rotatable bonds is 2. The normalized spacial score (nSPS) is 20.1. The van der Waals surface area contributed by atoms with E-state index in [2.05, 4.69) is 21.3 Å². The van der Waals surface area contributed by atoms with E-state index in [0.717, 1.165) is 37.6 Å². The van der Waals surface area contributed by atoms with E-state index in [4.69, 9.17) is 0 Å². The summed E-state index contributed by atoms with van der Waals surface area (Å²) in [6, 6.07) is 4.32. The third-order valence-corrected chi connectivity index (χ3v) is 3.47. The fourth-order valence-electron chi connectivity index (χ4n) is 2.32. The highest BCUT2D eigenvalue weighted by molar-refractivity contribution is 5.55. The van der Waals surface area contributed by atoms with Gasteiger partial charge in [-0.1, -0.05) is 0 Å². The largest absolute Gasteiger partial charge is 0.353 e. The maximum Gasteiger partial charge on any atom is 0.146 e. The molecule has 1 N–H and O–H groups in total. The number of hydrogen-bond donors (Lipinski definition) is 1. The molecule has 88 valence electrons. The molecule has 1 saturated carbocycles. The Morgan fingerprint density at radius 1 is 1.35 bits per heavy atom. The standard InChI is InChI=1S/C13H16N4/c14-8-11-7-12(10-1-2-10)9-16-13(11)17-5-3-15-4-6-17/h7,9-10,15H,1-6H2. The maximum atomic E-state index is 9.24. The van der Waals surface area contributed by atoms with Crippen LogP contribution in [-0.2, 0) is 0 Å². The highest BCUT2D eigenvalue weighted by atomic mass is 15.2. The topological polar surface area (TPSA) is 52.0 Å².